The van der Waals surface area contributed by atoms with Gasteiger partial charge in [0.25, 0.3) is 15.9 Å². The maximum Gasteiger partial charge on any atom is 0.261 e. The second-order valence-corrected chi connectivity index (χ2v) is 12.8. The van der Waals surface area contributed by atoms with Crippen molar-refractivity contribution >= 4 is 68.2 Å². The van der Waals surface area contributed by atoms with Crippen LogP contribution in [0.4, 0.5) is 11.4 Å². The molecule has 1 saturated heterocycles. The monoisotopic (exact) mass is 625 g/mol. The topological polar surface area (TPSA) is 95.6 Å². The van der Waals surface area contributed by atoms with Gasteiger partial charge in [-0.3, -0.25) is 14.3 Å². The van der Waals surface area contributed by atoms with Gasteiger partial charge < -0.3 is 10.2 Å². The Morgan fingerprint density at radius 3 is 2.32 bits per heavy atom. The molecule has 0 radical (unpaired) electrons. The first-order chi connectivity index (χ1) is 19.7. The lowest BCUT2D eigenvalue weighted by molar-refractivity contribution is -0.128. The Morgan fingerprint density at radius 2 is 1.61 bits per heavy atom. The highest BCUT2D eigenvalue weighted by molar-refractivity contribution is 8.00. The van der Waals surface area contributed by atoms with Gasteiger partial charge in [0, 0.05) is 17.8 Å². The lowest BCUT2D eigenvalue weighted by Crippen LogP contribution is -2.30. The van der Waals surface area contributed by atoms with Crippen molar-refractivity contribution < 1.29 is 18.0 Å². The molecular weight excluding hydrogens is 601 g/mol. The molecule has 210 valence electrons. The summed E-state index contributed by atoms with van der Waals surface area (Å²) in [6.45, 7) is 0.621. The summed E-state index contributed by atoms with van der Waals surface area (Å²) < 4.78 is 28.0. The minimum Gasteiger partial charge on any atom is -0.326 e. The largest absolute Gasteiger partial charge is 0.326 e. The summed E-state index contributed by atoms with van der Waals surface area (Å²) in [6.07, 6.45) is 0.772. The summed E-state index contributed by atoms with van der Waals surface area (Å²) in [5.74, 6) is 0.191. The number of benzene rings is 4. The molecule has 11 heteroatoms. The van der Waals surface area contributed by atoms with Gasteiger partial charge in [-0.2, -0.15) is 0 Å². The highest BCUT2D eigenvalue weighted by Crippen LogP contribution is 2.38. The number of sulfonamides is 1. The molecule has 0 bridgehead atoms. The number of hydrogen-bond acceptors (Lipinski definition) is 5. The lowest BCUT2D eigenvalue weighted by Gasteiger charge is -2.24. The number of carbonyl (C=O) groups is 2. The molecule has 4 aromatic rings. The van der Waals surface area contributed by atoms with Gasteiger partial charge in [-0.25, -0.2) is 8.42 Å². The predicted molar refractivity (Wildman–Crippen MR) is 165 cm³/mol. The Kier molecular flexibility index (Phi) is 8.89. The van der Waals surface area contributed by atoms with E-state index in [1.165, 1.54) is 35.9 Å². The standard InChI is InChI=1S/C30H25Cl2N3O4S2/c31-25-7-4-8-26(28(25)32)34-41(38,39)24-15-13-23(14-16-24)33-29(37)21-9-11-22(12-10-21)30-35(27(36)19-40-30)18-17-20-5-2-1-3-6-20/h1-16,30,34H,17-19H2,(H,33,37)/t30-/m1/s1. The molecule has 5 rings (SSSR count). The van der Waals surface area contributed by atoms with Crippen LogP contribution in [0.1, 0.15) is 26.9 Å². The van der Waals surface area contributed by atoms with Gasteiger partial charge in [-0.1, -0.05) is 71.7 Å². The van der Waals surface area contributed by atoms with Crippen molar-refractivity contribution in [3.05, 3.63) is 124 Å². The number of halogens is 2. The van der Waals surface area contributed by atoms with E-state index < -0.39 is 10.0 Å². The van der Waals surface area contributed by atoms with Crippen LogP contribution in [0, 0.1) is 0 Å². The van der Waals surface area contributed by atoms with E-state index in [-0.39, 0.29) is 37.8 Å². The Bertz CT molecular complexity index is 1670. The molecule has 0 saturated carbocycles. The highest BCUT2D eigenvalue weighted by atomic mass is 35.5. The number of nitrogens with one attached hydrogen (secondary N) is 2. The molecule has 4 aromatic carbocycles. The van der Waals surface area contributed by atoms with Crippen molar-refractivity contribution in [3.8, 4) is 0 Å². The maximum absolute atomic E-state index is 12.9. The Balaban J connectivity index is 1.21. The quantitative estimate of drug-likeness (QED) is 0.212. The van der Waals surface area contributed by atoms with Gasteiger partial charge in [-0.05, 0) is 66.1 Å². The van der Waals surface area contributed by atoms with Crippen LogP contribution < -0.4 is 10.0 Å². The van der Waals surface area contributed by atoms with E-state index >= 15 is 0 Å². The first kappa shape index (κ1) is 29.0. The summed E-state index contributed by atoms with van der Waals surface area (Å²) in [7, 11) is -3.93. The van der Waals surface area contributed by atoms with Crippen LogP contribution in [0.25, 0.3) is 0 Å². The fourth-order valence-corrected chi connectivity index (χ4v) is 7.07. The predicted octanol–water partition coefficient (Wildman–Crippen LogP) is 6.86. The zero-order valence-electron chi connectivity index (χ0n) is 21.6. The summed E-state index contributed by atoms with van der Waals surface area (Å²) in [5, 5.41) is 3.01. The number of rotatable bonds is 9. The average molecular weight is 627 g/mol. The molecule has 2 amide bonds. The molecule has 1 fully saturated rings. The average Bonchev–Trinajstić information content (AvgIpc) is 3.35. The van der Waals surface area contributed by atoms with E-state index in [1.54, 1.807) is 36.0 Å². The second kappa shape index (κ2) is 12.6. The van der Waals surface area contributed by atoms with Crippen LogP contribution in [-0.4, -0.2) is 37.4 Å². The zero-order chi connectivity index (χ0) is 29.0. The second-order valence-electron chi connectivity index (χ2n) is 9.29. The fraction of sp³-hybridized carbons (Fsp3) is 0.133. The van der Waals surface area contributed by atoms with Crippen molar-refractivity contribution in [1.29, 1.82) is 0 Å². The number of anilines is 2. The highest BCUT2D eigenvalue weighted by Gasteiger charge is 2.32. The third kappa shape index (κ3) is 6.87. The molecule has 1 aliphatic rings. The van der Waals surface area contributed by atoms with Gasteiger partial charge in [0.2, 0.25) is 5.91 Å². The summed E-state index contributed by atoms with van der Waals surface area (Å²) in [4.78, 5) is 27.3. The minimum absolute atomic E-state index is 0.00340. The molecule has 0 spiro atoms. The molecular formula is C30H25Cl2N3O4S2. The van der Waals surface area contributed by atoms with Gasteiger partial charge in [0.15, 0.2) is 0 Å². The molecule has 0 aliphatic carbocycles. The molecule has 1 atom stereocenters. The number of carbonyl (C=O) groups excluding carboxylic acids is 2. The van der Waals surface area contributed by atoms with Gasteiger partial charge in [0.1, 0.15) is 5.37 Å². The zero-order valence-corrected chi connectivity index (χ0v) is 24.7. The van der Waals surface area contributed by atoms with Crippen molar-refractivity contribution in [2.45, 2.75) is 16.7 Å². The number of amides is 2. The van der Waals surface area contributed by atoms with E-state index in [9.17, 15) is 18.0 Å². The van der Waals surface area contributed by atoms with Gasteiger partial charge >= 0.3 is 0 Å². The SMILES string of the molecule is O=C(Nc1ccc(S(=O)(=O)Nc2cccc(Cl)c2Cl)cc1)c1ccc([C@H]2SCC(=O)N2CCc2ccccc2)cc1. The van der Waals surface area contributed by atoms with E-state index in [0.717, 1.165) is 12.0 Å². The third-order valence-electron chi connectivity index (χ3n) is 6.53. The first-order valence-corrected chi connectivity index (χ1v) is 15.9. The molecule has 41 heavy (non-hydrogen) atoms. The van der Waals surface area contributed by atoms with E-state index in [2.05, 4.69) is 22.2 Å². The van der Waals surface area contributed by atoms with Crippen molar-refractivity contribution in [2.75, 3.05) is 22.3 Å². The van der Waals surface area contributed by atoms with Gasteiger partial charge in [-0.15, -0.1) is 11.8 Å². The van der Waals surface area contributed by atoms with Crippen LogP contribution in [0.3, 0.4) is 0 Å². The maximum atomic E-state index is 12.9. The first-order valence-electron chi connectivity index (χ1n) is 12.6. The summed E-state index contributed by atoms with van der Waals surface area (Å²) in [6, 6.07) is 27.7. The Morgan fingerprint density at radius 1 is 0.902 bits per heavy atom. The van der Waals surface area contributed by atoms with Crippen LogP contribution in [0.5, 0.6) is 0 Å². The smallest absolute Gasteiger partial charge is 0.261 e. The molecule has 1 heterocycles. The summed E-state index contributed by atoms with van der Waals surface area (Å²) in [5.41, 5.74) is 3.16. The number of thioether (sulfide) groups is 1. The van der Waals surface area contributed by atoms with Crippen LogP contribution >= 0.6 is 35.0 Å². The number of hydrogen-bond donors (Lipinski definition) is 2. The van der Waals surface area contributed by atoms with Crippen LogP contribution in [0.15, 0.2) is 102 Å². The molecule has 7 nitrogen and oxygen atoms in total. The summed E-state index contributed by atoms with van der Waals surface area (Å²) >= 11 is 13.6. The third-order valence-corrected chi connectivity index (χ3v) is 9.99. The Hall–Kier alpha value is -3.50. The van der Waals surface area contributed by atoms with E-state index in [1.807, 2.05) is 35.2 Å². The fourth-order valence-electron chi connectivity index (χ4n) is 4.37. The lowest BCUT2D eigenvalue weighted by atomic mass is 10.1. The molecule has 2 N–H and O–H groups in total. The van der Waals surface area contributed by atoms with Gasteiger partial charge in [0.05, 0.1) is 26.4 Å². The molecule has 1 aliphatic heterocycles. The van der Waals surface area contributed by atoms with Crippen molar-refractivity contribution in [1.82, 2.24) is 4.90 Å². The van der Waals surface area contributed by atoms with Crippen LogP contribution in [0.2, 0.25) is 10.0 Å². The Labute approximate surface area is 252 Å². The normalized spacial score (nSPS) is 15.1. The van der Waals surface area contributed by atoms with Crippen molar-refractivity contribution in [3.63, 3.8) is 0 Å². The minimum atomic E-state index is -3.93. The van der Waals surface area contributed by atoms with E-state index in [4.69, 9.17) is 23.2 Å². The molecule has 0 unspecified atom stereocenters. The number of nitrogens with zero attached hydrogens (tertiary/aromatic N) is 1. The van der Waals surface area contributed by atoms with Crippen molar-refractivity contribution in [2.24, 2.45) is 0 Å². The van der Waals surface area contributed by atoms with E-state index in [0.29, 0.717) is 23.5 Å². The van der Waals surface area contributed by atoms with Crippen LogP contribution in [-0.2, 0) is 21.2 Å². The molecule has 0 aromatic heterocycles.